The van der Waals surface area contributed by atoms with Crippen molar-refractivity contribution in [2.75, 3.05) is 0 Å². The highest BCUT2D eigenvalue weighted by Crippen LogP contribution is 2.15. The zero-order valence-electron chi connectivity index (χ0n) is 2.95. The maximum Gasteiger partial charge on any atom is 0.133 e. The summed E-state index contributed by atoms with van der Waals surface area (Å²) in [5.41, 5.74) is 0. The third-order valence-corrected chi connectivity index (χ3v) is 1.26. The molecular formula is C3H5BCl. The molecule has 5 heavy (non-hydrogen) atoms. The van der Waals surface area contributed by atoms with Crippen LogP contribution >= 0.6 is 11.6 Å². The lowest BCUT2D eigenvalue weighted by Gasteiger charge is -2.14. The Kier molecular flexibility index (Phi) is 0.860. The summed E-state index contributed by atoms with van der Waals surface area (Å²) in [7, 11) is 2.11. The molecule has 1 fully saturated rings. The molecular weight excluding hydrogens is 82.3 g/mol. The van der Waals surface area contributed by atoms with E-state index in [1.54, 1.807) is 0 Å². The van der Waals surface area contributed by atoms with Gasteiger partial charge in [0.15, 0.2) is 0 Å². The molecule has 1 radical (unpaired) electrons. The normalized spacial score (nSPS) is 35.0. The Hall–Kier alpha value is 0.355. The van der Waals surface area contributed by atoms with Gasteiger partial charge in [-0.2, -0.15) is 0 Å². The SMILES string of the molecule is ClC1[B]CC1. The first-order valence-electron chi connectivity index (χ1n) is 1.87. The van der Waals surface area contributed by atoms with Crippen molar-refractivity contribution in [3.05, 3.63) is 0 Å². The van der Waals surface area contributed by atoms with Gasteiger partial charge < -0.3 is 0 Å². The summed E-state index contributed by atoms with van der Waals surface area (Å²) in [6.07, 6.45) is 2.43. The highest BCUT2D eigenvalue weighted by Gasteiger charge is 2.13. The molecule has 0 saturated carbocycles. The molecule has 0 aromatic heterocycles. The Morgan fingerprint density at radius 3 is 2.20 bits per heavy atom. The van der Waals surface area contributed by atoms with Crippen molar-refractivity contribution in [2.24, 2.45) is 0 Å². The average molecular weight is 87.3 g/mol. The molecule has 1 heterocycles. The highest BCUT2D eigenvalue weighted by atomic mass is 35.5. The molecule has 27 valence electrons. The first-order chi connectivity index (χ1) is 2.39. The van der Waals surface area contributed by atoms with Gasteiger partial charge in [-0.05, 0) is 0 Å². The molecule has 0 N–H and O–H groups in total. The van der Waals surface area contributed by atoms with Crippen LogP contribution in [0.2, 0.25) is 6.32 Å². The Morgan fingerprint density at radius 1 is 1.80 bits per heavy atom. The van der Waals surface area contributed by atoms with Gasteiger partial charge in [-0.3, -0.25) is 0 Å². The molecule has 0 amide bonds. The van der Waals surface area contributed by atoms with Crippen LogP contribution in [-0.2, 0) is 0 Å². The van der Waals surface area contributed by atoms with Crippen molar-refractivity contribution in [3.8, 4) is 0 Å². The van der Waals surface area contributed by atoms with Gasteiger partial charge in [0.1, 0.15) is 7.28 Å². The van der Waals surface area contributed by atoms with E-state index in [0.29, 0.717) is 5.28 Å². The van der Waals surface area contributed by atoms with E-state index < -0.39 is 0 Å². The van der Waals surface area contributed by atoms with Gasteiger partial charge in [-0.1, -0.05) is 12.7 Å². The molecule has 1 saturated heterocycles. The lowest BCUT2D eigenvalue weighted by Crippen LogP contribution is -2.20. The van der Waals surface area contributed by atoms with E-state index in [-0.39, 0.29) is 0 Å². The van der Waals surface area contributed by atoms with Crippen molar-refractivity contribution in [1.82, 2.24) is 0 Å². The first kappa shape index (κ1) is 3.54. The summed E-state index contributed by atoms with van der Waals surface area (Å²) in [6.45, 7) is 0. The third kappa shape index (κ3) is 0.598. The van der Waals surface area contributed by atoms with Gasteiger partial charge in [0.2, 0.25) is 0 Å². The van der Waals surface area contributed by atoms with E-state index in [2.05, 4.69) is 7.28 Å². The monoisotopic (exact) mass is 87.0 g/mol. The fraction of sp³-hybridized carbons (Fsp3) is 1.00. The summed E-state index contributed by atoms with van der Waals surface area (Å²) in [4.78, 5) is 0. The molecule has 0 aromatic rings. The Labute approximate surface area is 37.8 Å². The maximum atomic E-state index is 5.49. The van der Waals surface area contributed by atoms with E-state index in [4.69, 9.17) is 11.6 Å². The molecule has 0 bridgehead atoms. The van der Waals surface area contributed by atoms with Crippen LogP contribution in [0, 0.1) is 0 Å². The van der Waals surface area contributed by atoms with Crippen molar-refractivity contribution in [2.45, 2.75) is 18.0 Å². The predicted molar refractivity (Wildman–Crippen MR) is 24.8 cm³/mol. The largest absolute Gasteiger partial charge is 0.133 e. The number of hydrogen-bond acceptors (Lipinski definition) is 0. The number of hydrogen-bond donors (Lipinski definition) is 0. The summed E-state index contributed by atoms with van der Waals surface area (Å²) in [5, 5.41) is 0.412. The van der Waals surface area contributed by atoms with Crippen LogP contribution in [0.3, 0.4) is 0 Å². The fourth-order valence-corrected chi connectivity index (χ4v) is 0.545. The van der Waals surface area contributed by atoms with Crippen molar-refractivity contribution < 1.29 is 0 Å². The van der Waals surface area contributed by atoms with Gasteiger partial charge in [0.05, 0.1) is 0 Å². The second-order valence-corrected chi connectivity index (χ2v) is 1.89. The number of halogens is 1. The molecule has 0 aliphatic carbocycles. The molecule has 0 aromatic carbocycles. The van der Waals surface area contributed by atoms with Crippen LogP contribution in [0.4, 0.5) is 0 Å². The Bertz CT molecular complexity index is 33.9. The quantitative estimate of drug-likeness (QED) is 0.306. The minimum absolute atomic E-state index is 0.412. The molecule has 1 aliphatic heterocycles. The van der Waals surface area contributed by atoms with Crippen LogP contribution < -0.4 is 0 Å². The second-order valence-electron chi connectivity index (χ2n) is 1.33. The summed E-state index contributed by atoms with van der Waals surface area (Å²) in [6, 6.07) is 0. The zero-order chi connectivity index (χ0) is 3.70. The van der Waals surface area contributed by atoms with Gasteiger partial charge in [-0.25, -0.2) is 0 Å². The van der Waals surface area contributed by atoms with Crippen molar-refractivity contribution in [1.29, 1.82) is 0 Å². The topological polar surface area (TPSA) is 0 Å². The lowest BCUT2D eigenvalue weighted by atomic mass is 9.57. The second kappa shape index (κ2) is 1.21. The van der Waals surface area contributed by atoms with Crippen molar-refractivity contribution in [3.63, 3.8) is 0 Å². The smallest absolute Gasteiger partial charge is 0.133 e. The molecule has 1 aliphatic rings. The van der Waals surface area contributed by atoms with Crippen LogP contribution in [0.25, 0.3) is 0 Å². The van der Waals surface area contributed by atoms with Crippen LogP contribution in [0.15, 0.2) is 0 Å². The Morgan fingerprint density at radius 2 is 2.20 bits per heavy atom. The molecule has 0 spiro atoms. The Balaban J connectivity index is 2.08. The average Bonchev–Trinajstić information content (AvgIpc) is 1.30. The highest BCUT2D eigenvalue weighted by molar-refractivity contribution is 6.56. The first-order valence-corrected chi connectivity index (χ1v) is 2.30. The maximum absolute atomic E-state index is 5.49. The lowest BCUT2D eigenvalue weighted by molar-refractivity contribution is 0.926. The minimum atomic E-state index is 0.412. The molecule has 1 rings (SSSR count). The molecule has 1 unspecified atom stereocenters. The van der Waals surface area contributed by atoms with E-state index >= 15 is 0 Å². The van der Waals surface area contributed by atoms with Crippen LogP contribution in [0.5, 0.6) is 0 Å². The third-order valence-electron chi connectivity index (χ3n) is 0.865. The number of alkyl halides is 1. The fourth-order valence-electron chi connectivity index (χ4n) is 0.293. The zero-order valence-corrected chi connectivity index (χ0v) is 3.70. The molecule has 2 heteroatoms. The minimum Gasteiger partial charge on any atom is -0.133 e. The summed E-state index contributed by atoms with van der Waals surface area (Å²) >= 11 is 5.49. The summed E-state index contributed by atoms with van der Waals surface area (Å²) < 4.78 is 0. The van der Waals surface area contributed by atoms with Gasteiger partial charge in [0.25, 0.3) is 0 Å². The van der Waals surface area contributed by atoms with E-state index in [9.17, 15) is 0 Å². The molecule has 0 nitrogen and oxygen atoms in total. The van der Waals surface area contributed by atoms with E-state index in [0.717, 1.165) is 0 Å². The standard InChI is InChI=1S/C3H5BCl/c5-3-1-2-4-3/h3H,1-2H2. The molecule has 1 atom stereocenters. The van der Waals surface area contributed by atoms with Gasteiger partial charge in [0, 0.05) is 5.28 Å². The van der Waals surface area contributed by atoms with E-state index in [1.807, 2.05) is 0 Å². The van der Waals surface area contributed by atoms with Gasteiger partial charge >= 0.3 is 0 Å². The van der Waals surface area contributed by atoms with Crippen molar-refractivity contribution >= 4 is 18.9 Å². The van der Waals surface area contributed by atoms with Crippen LogP contribution in [-0.4, -0.2) is 12.6 Å². The van der Waals surface area contributed by atoms with Crippen LogP contribution in [0.1, 0.15) is 6.42 Å². The predicted octanol–water partition coefficient (Wildman–Crippen LogP) is 1.08. The summed E-state index contributed by atoms with van der Waals surface area (Å²) in [5.74, 6) is 0. The van der Waals surface area contributed by atoms with Gasteiger partial charge in [-0.15, -0.1) is 11.6 Å². The van der Waals surface area contributed by atoms with E-state index in [1.165, 1.54) is 12.7 Å². The number of rotatable bonds is 0.